The molecule has 0 fully saturated rings. The summed E-state index contributed by atoms with van der Waals surface area (Å²) in [5.74, 6) is -1.47. The van der Waals surface area contributed by atoms with E-state index in [0.717, 1.165) is 22.4 Å². The van der Waals surface area contributed by atoms with E-state index in [1.807, 2.05) is 25.1 Å². The molecule has 174 valence electrons. The lowest BCUT2D eigenvalue weighted by Gasteiger charge is -2.31. The highest BCUT2D eigenvalue weighted by Gasteiger charge is 2.31. The highest BCUT2D eigenvalue weighted by atomic mass is 19.1. The van der Waals surface area contributed by atoms with Crippen molar-refractivity contribution in [3.05, 3.63) is 76.5 Å². The van der Waals surface area contributed by atoms with Gasteiger partial charge in [0.1, 0.15) is 17.2 Å². The minimum Gasteiger partial charge on any atom is -0.443 e. The number of hydrogen-bond acceptors (Lipinski definition) is 4. The molecule has 0 unspecified atom stereocenters. The molecule has 0 spiro atoms. The standard InChI is InChI=1S/C26H28F2N2O3/c1-16-12-17(15-31)8-9-21(16)29-11-10-22-18(14-29)13-23(24-19(27)6-5-7-20(24)28)30(22)25(32)33-26(2,3)4/h5-9,12-13,31H,10-11,14-15H2,1-4H3. The van der Waals surface area contributed by atoms with Crippen LogP contribution < -0.4 is 4.90 Å². The van der Waals surface area contributed by atoms with Gasteiger partial charge in [0.25, 0.3) is 0 Å². The van der Waals surface area contributed by atoms with Crippen LogP contribution in [0, 0.1) is 18.6 Å². The third-order valence-corrected chi connectivity index (χ3v) is 5.75. The van der Waals surface area contributed by atoms with Crippen LogP contribution in [0.5, 0.6) is 0 Å². The molecule has 33 heavy (non-hydrogen) atoms. The van der Waals surface area contributed by atoms with E-state index in [4.69, 9.17) is 4.74 Å². The van der Waals surface area contributed by atoms with E-state index in [2.05, 4.69) is 4.90 Å². The van der Waals surface area contributed by atoms with Gasteiger partial charge in [-0.1, -0.05) is 18.2 Å². The molecule has 2 aromatic carbocycles. The molecule has 4 rings (SSSR count). The number of rotatable bonds is 3. The summed E-state index contributed by atoms with van der Waals surface area (Å²) < 4.78 is 36.3. The van der Waals surface area contributed by atoms with E-state index in [1.165, 1.54) is 22.8 Å². The molecule has 1 aliphatic rings. The van der Waals surface area contributed by atoms with Crippen LogP contribution in [0.3, 0.4) is 0 Å². The summed E-state index contributed by atoms with van der Waals surface area (Å²) in [4.78, 5) is 15.3. The monoisotopic (exact) mass is 454 g/mol. The van der Waals surface area contributed by atoms with Crippen molar-refractivity contribution >= 4 is 11.8 Å². The molecular formula is C26H28F2N2O3. The Morgan fingerprint density at radius 1 is 1.12 bits per heavy atom. The molecule has 0 amide bonds. The molecule has 1 aromatic heterocycles. The van der Waals surface area contributed by atoms with Crippen molar-refractivity contribution in [2.45, 2.75) is 52.9 Å². The van der Waals surface area contributed by atoms with Gasteiger partial charge in [0, 0.05) is 30.9 Å². The van der Waals surface area contributed by atoms with Crippen molar-refractivity contribution in [3.63, 3.8) is 0 Å². The molecular weight excluding hydrogens is 426 g/mol. The first kappa shape index (κ1) is 23.0. The number of aromatic nitrogens is 1. The number of hydrogen-bond donors (Lipinski definition) is 1. The van der Waals surface area contributed by atoms with Gasteiger partial charge in [-0.05, 0) is 68.7 Å². The second-order valence-electron chi connectivity index (χ2n) is 9.36. The zero-order valence-corrected chi connectivity index (χ0v) is 19.3. The summed E-state index contributed by atoms with van der Waals surface area (Å²) in [6.45, 7) is 8.32. The van der Waals surface area contributed by atoms with Crippen LogP contribution in [0.15, 0.2) is 42.5 Å². The van der Waals surface area contributed by atoms with Crippen LogP contribution in [0.25, 0.3) is 11.3 Å². The Bertz CT molecular complexity index is 1190. The van der Waals surface area contributed by atoms with E-state index < -0.39 is 23.3 Å². The first-order valence-electron chi connectivity index (χ1n) is 11.0. The maximum Gasteiger partial charge on any atom is 0.419 e. The van der Waals surface area contributed by atoms with Crippen molar-refractivity contribution < 1.29 is 23.4 Å². The van der Waals surface area contributed by atoms with Gasteiger partial charge in [0.05, 0.1) is 17.9 Å². The summed E-state index contributed by atoms with van der Waals surface area (Å²) in [5.41, 5.74) is 3.54. The number of aliphatic hydroxyl groups is 1. The largest absolute Gasteiger partial charge is 0.443 e. The molecule has 1 aliphatic heterocycles. The molecule has 0 saturated heterocycles. The van der Waals surface area contributed by atoms with Gasteiger partial charge in [-0.25, -0.2) is 18.1 Å². The number of ether oxygens (including phenoxy) is 1. The Labute approximate surface area is 192 Å². The Morgan fingerprint density at radius 2 is 1.82 bits per heavy atom. The van der Waals surface area contributed by atoms with Crippen LogP contribution in [0.1, 0.15) is 43.2 Å². The molecule has 3 aromatic rings. The molecule has 0 atom stereocenters. The average Bonchev–Trinajstić information content (AvgIpc) is 3.10. The molecule has 0 aliphatic carbocycles. The van der Waals surface area contributed by atoms with Gasteiger partial charge in [0.2, 0.25) is 0 Å². The second kappa shape index (κ2) is 8.63. The zero-order valence-electron chi connectivity index (χ0n) is 19.3. The van der Waals surface area contributed by atoms with Gasteiger partial charge < -0.3 is 14.7 Å². The van der Waals surface area contributed by atoms with Crippen molar-refractivity contribution in [1.82, 2.24) is 4.57 Å². The topological polar surface area (TPSA) is 54.7 Å². The van der Waals surface area contributed by atoms with E-state index >= 15 is 0 Å². The fourth-order valence-electron chi connectivity index (χ4n) is 4.36. The van der Waals surface area contributed by atoms with Crippen LogP contribution in [-0.2, 0) is 24.3 Å². The number of carbonyl (C=O) groups excluding carboxylic acids is 1. The fraction of sp³-hybridized carbons (Fsp3) is 0.346. The maximum atomic E-state index is 14.7. The molecule has 7 heteroatoms. The Kier molecular flexibility index (Phi) is 6.01. The lowest BCUT2D eigenvalue weighted by Crippen LogP contribution is -2.34. The Morgan fingerprint density at radius 3 is 2.42 bits per heavy atom. The summed E-state index contributed by atoms with van der Waals surface area (Å²) in [6, 6.07) is 11.1. The van der Waals surface area contributed by atoms with Gasteiger partial charge in [0.15, 0.2) is 0 Å². The van der Waals surface area contributed by atoms with Crippen LogP contribution in [0.2, 0.25) is 0 Å². The maximum absolute atomic E-state index is 14.7. The van der Waals surface area contributed by atoms with E-state index in [1.54, 1.807) is 26.8 Å². The third-order valence-electron chi connectivity index (χ3n) is 5.75. The quantitative estimate of drug-likeness (QED) is 0.561. The summed E-state index contributed by atoms with van der Waals surface area (Å²) >= 11 is 0. The molecule has 0 bridgehead atoms. The first-order valence-corrected chi connectivity index (χ1v) is 11.0. The lowest BCUT2D eigenvalue weighted by atomic mass is 10.0. The average molecular weight is 455 g/mol. The molecule has 2 heterocycles. The normalized spacial score (nSPS) is 13.7. The number of aliphatic hydroxyl groups excluding tert-OH is 1. The number of carbonyl (C=O) groups is 1. The highest BCUT2D eigenvalue weighted by Crippen LogP contribution is 2.35. The predicted molar refractivity (Wildman–Crippen MR) is 123 cm³/mol. The third kappa shape index (κ3) is 4.50. The summed E-state index contributed by atoms with van der Waals surface area (Å²) in [7, 11) is 0. The zero-order chi connectivity index (χ0) is 23.9. The Hall–Kier alpha value is -3.19. The highest BCUT2D eigenvalue weighted by molar-refractivity contribution is 5.81. The first-order chi connectivity index (χ1) is 15.6. The van der Waals surface area contributed by atoms with Gasteiger partial charge >= 0.3 is 6.09 Å². The van der Waals surface area contributed by atoms with Crippen molar-refractivity contribution in [3.8, 4) is 11.3 Å². The van der Waals surface area contributed by atoms with Gasteiger partial charge in [-0.3, -0.25) is 0 Å². The van der Waals surface area contributed by atoms with Crippen LogP contribution in [0.4, 0.5) is 19.3 Å². The van der Waals surface area contributed by atoms with Crippen molar-refractivity contribution in [2.24, 2.45) is 0 Å². The molecule has 1 N–H and O–H groups in total. The Balaban J connectivity index is 1.80. The summed E-state index contributed by atoms with van der Waals surface area (Å²) in [6.07, 6.45) is -0.149. The number of fused-ring (bicyclic) bond motifs is 1. The van der Waals surface area contributed by atoms with E-state index in [0.29, 0.717) is 25.2 Å². The van der Waals surface area contributed by atoms with Crippen LogP contribution in [-0.4, -0.2) is 27.9 Å². The molecule has 5 nitrogen and oxygen atoms in total. The number of nitrogens with zero attached hydrogens (tertiary/aromatic N) is 2. The second-order valence-corrected chi connectivity index (χ2v) is 9.36. The molecule has 0 saturated carbocycles. The number of aryl methyl sites for hydroxylation is 1. The minimum atomic E-state index is -0.758. The molecule has 0 radical (unpaired) electrons. The number of anilines is 1. The van der Waals surface area contributed by atoms with Crippen molar-refractivity contribution in [2.75, 3.05) is 11.4 Å². The number of benzene rings is 2. The summed E-state index contributed by atoms with van der Waals surface area (Å²) in [5, 5.41) is 9.39. The lowest BCUT2D eigenvalue weighted by molar-refractivity contribution is 0.0535. The number of halogens is 2. The van der Waals surface area contributed by atoms with E-state index in [-0.39, 0.29) is 17.9 Å². The SMILES string of the molecule is Cc1cc(CO)ccc1N1CCc2c(cc(-c3c(F)cccc3F)n2C(=O)OC(C)(C)C)C1. The van der Waals surface area contributed by atoms with E-state index in [9.17, 15) is 18.7 Å². The van der Waals surface area contributed by atoms with Crippen LogP contribution >= 0.6 is 0 Å². The smallest absolute Gasteiger partial charge is 0.419 e. The predicted octanol–water partition coefficient (Wildman–Crippen LogP) is 5.58. The van der Waals surface area contributed by atoms with Gasteiger partial charge in [-0.15, -0.1) is 0 Å². The fourth-order valence-corrected chi connectivity index (χ4v) is 4.36. The minimum absolute atomic E-state index is 0.0262. The van der Waals surface area contributed by atoms with Gasteiger partial charge in [-0.2, -0.15) is 0 Å². The van der Waals surface area contributed by atoms with Crippen molar-refractivity contribution in [1.29, 1.82) is 0 Å².